The Morgan fingerprint density at radius 2 is 1.77 bits per heavy atom. The highest BCUT2D eigenvalue weighted by Gasteiger charge is 2.07. The zero-order valence-corrected chi connectivity index (χ0v) is 9.13. The van der Waals surface area contributed by atoms with Gasteiger partial charge in [0.05, 0.1) is 4.92 Å². The monoisotopic (exact) mass is 188 g/mol. The molecule has 0 aliphatic carbocycles. The molecule has 0 aromatic heterocycles. The molecule has 0 bridgehead atoms. The van der Waals surface area contributed by atoms with E-state index in [4.69, 9.17) is 0 Å². The van der Waals surface area contributed by atoms with Crippen LogP contribution in [-0.2, 0) is 0 Å². The predicted molar refractivity (Wildman–Crippen MR) is 57.0 cm³/mol. The average Bonchev–Trinajstić information content (AvgIpc) is 2.11. The molecule has 0 heterocycles. The van der Waals surface area contributed by atoms with Gasteiger partial charge in [-0.3, -0.25) is 10.1 Å². The Bertz CT molecular complexity index is 158. The zero-order valence-electron chi connectivity index (χ0n) is 9.13. The standard InChI is InChI=1S/C6H9NO2.C2H6.CH5N/c1-4-6(5(2)3)7(8)9;2*1-2/h4H,2H2,1,3H3;1-2H3;2H2,1H3/b6-4+;;. The molecule has 0 radical (unpaired) electrons. The van der Waals surface area contributed by atoms with Crippen LogP contribution in [0, 0.1) is 10.1 Å². The van der Waals surface area contributed by atoms with E-state index in [0.29, 0.717) is 5.57 Å². The highest BCUT2D eigenvalue weighted by atomic mass is 16.6. The van der Waals surface area contributed by atoms with E-state index >= 15 is 0 Å². The first-order chi connectivity index (χ1) is 6.09. The van der Waals surface area contributed by atoms with Gasteiger partial charge in [0, 0.05) is 5.57 Å². The number of hydrogen-bond acceptors (Lipinski definition) is 3. The second-order valence-corrected chi connectivity index (χ2v) is 1.71. The van der Waals surface area contributed by atoms with Crippen LogP contribution in [0.15, 0.2) is 23.9 Å². The molecule has 0 unspecified atom stereocenters. The molecule has 0 saturated heterocycles. The minimum Gasteiger partial charge on any atom is -0.333 e. The Morgan fingerprint density at radius 3 is 1.77 bits per heavy atom. The van der Waals surface area contributed by atoms with E-state index in [1.54, 1.807) is 13.8 Å². The normalized spacial score (nSPS) is 8.62. The van der Waals surface area contributed by atoms with Crippen molar-refractivity contribution < 1.29 is 4.92 Å². The molecule has 0 aliphatic heterocycles. The first-order valence-electron chi connectivity index (χ1n) is 4.14. The zero-order chi connectivity index (χ0) is 11.4. The van der Waals surface area contributed by atoms with Crippen LogP contribution in [0.2, 0.25) is 0 Å². The molecule has 4 nitrogen and oxygen atoms in total. The predicted octanol–water partition coefficient (Wildman–Crippen LogP) is 2.34. The molecule has 13 heavy (non-hydrogen) atoms. The average molecular weight is 188 g/mol. The molecule has 0 rings (SSSR count). The number of rotatable bonds is 2. The quantitative estimate of drug-likeness (QED) is 0.411. The summed E-state index contributed by atoms with van der Waals surface area (Å²) in [6.45, 7) is 10.7. The number of nitrogens with two attached hydrogens (primary N) is 1. The summed E-state index contributed by atoms with van der Waals surface area (Å²) < 4.78 is 0. The van der Waals surface area contributed by atoms with E-state index < -0.39 is 4.92 Å². The fourth-order valence-electron chi connectivity index (χ4n) is 0.508. The highest BCUT2D eigenvalue weighted by Crippen LogP contribution is 2.05. The van der Waals surface area contributed by atoms with Crippen molar-refractivity contribution in [3.05, 3.63) is 34.0 Å². The molecular formula is C9H20N2O2. The summed E-state index contributed by atoms with van der Waals surface area (Å²) in [4.78, 5) is 9.61. The van der Waals surface area contributed by atoms with Gasteiger partial charge < -0.3 is 5.73 Å². The lowest BCUT2D eigenvalue weighted by Gasteiger charge is -1.91. The second kappa shape index (κ2) is 13.4. The largest absolute Gasteiger partial charge is 0.333 e. The van der Waals surface area contributed by atoms with Crippen LogP contribution in [0.3, 0.4) is 0 Å². The molecule has 0 fully saturated rings. The lowest BCUT2D eigenvalue weighted by atomic mass is 10.2. The van der Waals surface area contributed by atoms with E-state index in [2.05, 4.69) is 12.3 Å². The molecule has 78 valence electrons. The van der Waals surface area contributed by atoms with Gasteiger partial charge in [0.2, 0.25) is 0 Å². The third-order valence-corrected chi connectivity index (χ3v) is 0.907. The second-order valence-electron chi connectivity index (χ2n) is 1.71. The summed E-state index contributed by atoms with van der Waals surface area (Å²) in [6, 6.07) is 0. The van der Waals surface area contributed by atoms with Crippen LogP contribution in [-0.4, -0.2) is 12.0 Å². The molecular weight excluding hydrogens is 168 g/mol. The van der Waals surface area contributed by atoms with Gasteiger partial charge in [0.15, 0.2) is 0 Å². The van der Waals surface area contributed by atoms with Gasteiger partial charge >= 0.3 is 0 Å². The first kappa shape index (κ1) is 17.8. The van der Waals surface area contributed by atoms with Crippen LogP contribution in [0.5, 0.6) is 0 Å². The topological polar surface area (TPSA) is 69.2 Å². The van der Waals surface area contributed by atoms with E-state index in [0.717, 1.165) is 0 Å². The highest BCUT2D eigenvalue weighted by molar-refractivity contribution is 5.17. The fraction of sp³-hybridized carbons (Fsp3) is 0.556. The summed E-state index contributed by atoms with van der Waals surface area (Å²) >= 11 is 0. The summed E-state index contributed by atoms with van der Waals surface area (Å²) in [5.41, 5.74) is 5.08. The van der Waals surface area contributed by atoms with Gasteiger partial charge in [-0.15, -0.1) is 0 Å². The maximum atomic E-state index is 10.0. The Morgan fingerprint density at radius 1 is 1.46 bits per heavy atom. The summed E-state index contributed by atoms with van der Waals surface area (Å²) in [7, 11) is 1.50. The van der Waals surface area contributed by atoms with Gasteiger partial charge in [-0.2, -0.15) is 0 Å². The summed E-state index contributed by atoms with van der Waals surface area (Å²) in [5, 5.41) is 10.0. The van der Waals surface area contributed by atoms with E-state index in [9.17, 15) is 10.1 Å². The lowest BCUT2D eigenvalue weighted by Crippen LogP contribution is -1.97. The number of allylic oxidation sites excluding steroid dienone is 2. The molecule has 2 N–H and O–H groups in total. The molecule has 4 heteroatoms. The van der Waals surface area contributed by atoms with Gasteiger partial charge in [0.1, 0.15) is 0 Å². The summed E-state index contributed by atoms with van der Waals surface area (Å²) in [5.74, 6) is 0. The van der Waals surface area contributed by atoms with Gasteiger partial charge in [-0.25, -0.2) is 0 Å². The maximum Gasteiger partial charge on any atom is 0.267 e. The van der Waals surface area contributed by atoms with Gasteiger partial charge in [0.25, 0.3) is 5.70 Å². The fourth-order valence-corrected chi connectivity index (χ4v) is 0.508. The van der Waals surface area contributed by atoms with Crippen LogP contribution in [0.1, 0.15) is 27.7 Å². The SMILES string of the molecule is C=C(C)/C(=C\C)[N+](=O)[O-].CC.CN. The third kappa shape index (κ3) is 10.8. The van der Waals surface area contributed by atoms with Crippen LogP contribution >= 0.6 is 0 Å². The maximum absolute atomic E-state index is 10.0. The van der Waals surface area contributed by atoms with Crippen molar-refractivity contribution in [1.29, 1.82) is 0 Å². The van der Waals surface area contributed by atoms with Gasteiger partial charge in [-0.1, -0.05) is 20.4 Å². The number of nitro groups is 1. The molecule has 0 amide bonds. The van der Waals surface area contributed by atoms with Gasteiger partial charge in [-0.05, 0) is 27.0 Å². The van der Waals surface area contributed by atoms with E-state index in [1.807, 2.05) is 13.8 Å². The van der Waals surface area contributed by atoms with Crippen molar-refractivity contribution in [2.75, 3.05) is 7.05 Å². The van der Waals surface area contributed by atoms with E-state index in [-0.39, 0.29) is 5.70 Å². The smallest absolute Gasteiger partial charge is 0.267 e. The number of hydrogen-bond donors (Lipinski definition) is 1. The van der Waals surface area contributed by atoms with Crippen molar-refractivity contribution in [3.8, 4) is 0 Å². The van der Waals surface area contributed by atoms with Crippen molar-refractivity contribution in [2.45, 2.75) is 27.7 Å². The molecule has 0 spiro atoms. The minimum absolute atomic E-state index is 0.0926. The first-order valence-corrected chi connectivity index (χ1v) is 4.14. The molecule has 0 atom stereocenters. The van der Waals surface area contributed by atoms with Crippen LogP contribution in [0.4, 0.5) is 0 Å². The van der Waals surface area contributed by atoms with Crippen LogP contribution in [0.25, 0.3) is 0 Å². The lowest BCUT2D eigenvalue weighted by molar-refractivity contribution is -0.420. The molecule has 0 saturated carbocycles. The third-order valence-electron chi connectivity index (χ3n) is 0.907. The Hall–Kier alpha value is -1.16. The molecule has 0 aliphatic rings. The van der Waals surface area contributed by atoms with Crippen molar-refractivity contribution in [1.82, 2.24) is 0 Å². The molecule has 0 aromatic carbocycles. The Labute approximate surface area is 80.3 Å². The van der Waals surface area contributed by atoms with Crippen molar-refractivity contribution in [3.63, 3.8) is 0 Å². The van der Waals surface area contributed by atoms with Crippen LogP contribution < -0.4 is 5.73 Å². The Balaban J connectivity index is -0.000000218. The summed E-state index contributed by atoms with van der Waals surface area (Å²) in [6.07, 6.45) is 1.43. The molecule has 0 aromatic rings. The number of nitrogens with zero attached hydrogens (tertiary/aromatic N) is 1. The van der Waals surface area contributed by atoms with E-state index in [1.165, 1.54) is 13.1 Å². The minimum atomic E-state index is -0.442. The van der Waals surface area contributed by atoms with Crippen molar-refractivity contribution >= 4 is 0 Å². The van der Waals surface area contributed by atoms with Crippen molar-refractivity contribution in [2.24, 2.45) is 5.73 Å². The Kier molecular flexibility index (Phi) is 18.4.